The molecule has 1 unspecified atom stereocenters. The van der Waals surface area contributed by atoms with Gasteiger partial charge in [-0.05, 0) is 53.7 Å². The molecule has 12 nitrogen and oxygen atoms in total. The van der Waals surface area contributed by atoms with Gasteiger partial charge >= 0.3 is 6.09 Å². The van der Waals surface area contributed by atoms with E-state index in [0.29, 0.717) is 28.2 Å². The summed E-state index contributed by atoms with van der Waals surface area (Å²) in [5.74, 6) is 0.424. The van der Waals surface area contributed by atoms with Crippen LogP contribution in [0.4, 0.5) is 25.2 Å². The van der Waals surface area contributed by atoms with Crippen LogP contribution in [0.3, 0.4) is 0 Å². The molecular weight excluding hydrogens is 610 g/mol. The first-order valence-electron chi connectivity index (χ1n) is 15.0. The fourth-order valence-corrected chi connectivity index (χ4v) is 4.64. The van der Waals surface area contributed by atoms with Gasteiger partial charge in [-0.3, -0.25) is 4.68 Å². The van der Waals surface area contributed by atoms with Gasteiger partial charge in [0.15, 0.2) is 17.4 Å². The fraction of sp³-hybridized carbons (Fsp3) is 0.333. The molecule has 47 heavy (non-hydrogen) atoms. The van der Waals surface area contributed by atoms with Gasteiger partial charge < -0.3 is 24.8 Å². The molecule has 2 N–H and O–H groups in total. The van der Waals surface area contributed by atoms with E-state index in [9.17, 15) is 4.79 Å². The lowest BCUT2D eigenvalue weighted by atomic mass is 10.1. The van der Waals surface area contributed by atoms with E-state index >= 15 is 8.78 Å². The number of aromatic nitrogens is 6. The van der Waals surface area contributed by atoms with E-state index < -0.39 is 29.4 Å². The van der Waals surface area contributed by atoms with E-state index in [1.165, 1.54) is 10.9 Å². The van der Waals surface area contributed by atoms with E-state index in [4.69, 9.17) is 24.3 Å². The summed E-state index contributed by atoms with van der Waals surface area (Å²) < 4.78 is 48.1. The second kappa shape index (κ2) is 13.9. The zero-order valence-corrected chi connectivity index (χ0v) is 27.0. The number of ether oxygens (including phenoxy) is 3. The second-order valence-electron chi connectivity index (χ2n) is 11.7. The van der Waals surface area contributed by atoms with Gasteiger partial charge in [0.2, 0.25) is 0 Å². The largest absolute Gasteiger partial charge is 0.494 e. The monoisotopic (exact) mass is 646 g/mol. The van der Waals surface area contributed by atoms with E-state index in [-0.39, 0.29) is 48.5 Å². The van der Waals surface area contributed by atoms with Crippen LogP contribution in [0.15, 0.2) is 54.9 Å². The van der Waals surface area contributed by atoms with Crippen LogP contribution in [-0.2, 0) is 11.3 Å². The van der Waals surface area contributed by atoms with Crippen molar-refractivity contribution in [2.75, 3.05) is 18.5 Å². The summed E-state index contributed by atoms with van der Waals surface area (Å²) >= 11 is 0. The minimum Gasteiger partial charge on any atom is -0.494 e. The number of halogens is 2. The van der Waals surface area contributed by atoms with Gasteiger partial charge in [0.1, 0.15) is 46.9 Å². The molecule has 5 aromatic rings. The van der Waals surface area contributed by atoms with E-state index in [1.54, 1.807) is 59.9 Å². The number of alkyl carbamates (subject to hydrolysis) is 1. The van der Waals surface area contributed by atoms with Crippen LogP contribution in [-0.4, -0.2) is 60.7 Å². The van der Waals surface area contributed by atoms with Gasteiger partial charge in [-0.1, -0.05) is 18.2 Å². The molecule has 0 saturated carbocycles. The number of hydrogen-bond acceptors (Lipinski definition) is 10. The standard InChI is InChI=1S/C33H36F2N8O4/c1-7-45-21-14-24(34)23(25(35)15-21)17-43-26-11-9-8-10-22(26)29(42-43)31-37-16-27(30(41-31)40-28-12-13-36-20(3)39-28)46-18-19(2)38-32(44)47-33(4,5)6/h8-16,19H,7,17-18H2,1-6H3,(H,38,44)(H,36,37,39,40,41). The average molecular weight is 647 g/mol. The molecule has 0 radical (unpaired) electrons. The third kappa shape index (κ3) is 8.26. The summed E-state index contributed by atoms with van der Waals surface area (Å²) in [7, 11) is 0. The number of para-hydroxylation sites is 1. The lowest BCUT2D eigenvalue weighted by Gasteiger charge is -2.22. The highest BCUT2D eigenvalue weighted by Gasteiger charge is 2.22. The van der Waals surface area contributed by atoms with Gasteiger partial charge in [-0.2, -0.15) is 5.10 Å². The van der Waals surface area contributed by atoms with Crippen molar-refractivity contribution in [2.45, 2.75) is 59.7 Å². The van der Waals surface area contributed by atoms with E-state index in [1.807, 2.05) is 18.2 Å². The first-order valence-corrected chi connectivity index (χ1v) is 15.0. The number of carbonyl (C=O) groups is 1. The molecule has 0 bridgehead atoms. The maximum atomic E-state index is 15.0. The molecule has 0 aliphatic rings. The third-order valence-corrected chi connectivity index (χ3v) is 6.63. The molecule has 1 amide bonds. The average Bonchev–Trinajstić information content (AvgIpc) is 3.36. The number of carbonyl (C=O) groups excluding carboxylic acids is 1. The lowest BCUT2D eigenvalue weighted by Crippen LogP contribution is -2.40. The summed E-state index contributed by atoms with van der Waals surface area (Å²) in [5, 5.41) is 11.3. The molecule has 5 rings (SSSR count). The van der Waals surface area contributed by atoms with Crippen LogP contribution >= 0.6 is 0 Å². The zero-order chi connectivity index (χ0) is 33.7. The van der Waals surface area contributed by atoms with Crippen molar-refractivity contribution in [1.29, 1.82) is 0 Å². The van der Waals surface area contributed by atoms with Crippen LogP contribution in [0.25, 0.3) is 22.4 Å². The molecule has 0 fully saturated rings. The maximum absolute atomic E-state index is 15.0. The van der Waals surface area contributed by atoms with Gasteiger partial charge in [-0.15, -0.1) is 0 Å². The van der Waals surface area contributed by atoms with Crippen LogP contribution in [0.5, 0.6) is 11.5 Å². The quantitative estimate of drug-likeness (QED) is 0.167. The highest BCUT2D eigenvalue weighted by atomic mass is 19.1. The Labute approximate surface area is 270 Å². The molecule has 14 heteroatoms. The van der Waals surface area contributed by atoms with Crippen LogP contribution in [0.2, 0.25) is 0 Å². The number of rotatable bonds is 11. The number of nitrogens with zero attached hydrogens (tertiary/aromatic N) is 6. The number of benzene rings is 2. The molecule has 0 saturated heterocycles. The maximum Gasteiger partial charge on any atom is 0.407 e. The number of anilines is 2. The van der Waals surface area contributed by atoms with Gasteiger partial charge in [0.05, 0.1) is 30.9 Å². The predicted molar refractivity (Wildman–Crippen MR) is 172 cm³/mol. The minimum atomic E-state index is -0.741. The predicted octanol–water partition coefficient (Wildman–Crippen LogP) is 6.35. The number of fused-ring (bicyclic) bond motifs is 1. The number of amides is 1. The zero-order valence-electron chi connectivity index (χ0n) is 27.0. The highest BCUT2D eigenvalue weighted by molar-refractivity contribution is 5.92. The minimum absolute atomic E-state index is 0.0796. The van der Waals surface area contributed by atoms with Gasteiger partial charge in [-0.25, -0.2) is 33.5 Å². The second-order valence-corrected chi connectivity index (χ2v) is 11.7. The molecule has 1 atom stereocenters. The third-order valence-electron chi connectivity index (χ3n) is 6.63. The van der Waals surface area contributed by atoms with Crippen LogP contribution in [0.1, 0.15) is 46.0 Å². The van der Waals surface area contributed by atoms with Crippen molar-refractivity contribution in [3.05, 3.63) is 77.9 Å². The Hall–Kier alpha value is -5.40. The normalized spacial score (nSPS) is 12.1. The summed E-state index contributed by atoms with van der Waals surface area (Å²) in [5.41, 5.74) is 0.214. The topological polar surface area (TPSA) is 138 Å². The summed E-state index contributed by atoms with van der Waals surface area (Å²) in [6.07, 6.45) is 2.52. The molecule has 0 spiro atoms. The van der Waals surface area contributed by atoms with Crippen LogP contribution in [0, 0.1) is 18.6 Å². The summed E-state index contributed by atoms with van der Waals surface area (Å²) in [4.78, 5) is 30.0. The smallest absolute Gasteiger partial charge is 0.407 e. The Kier molecular flexibility index (Phi) is 9.78. The van der Waals surface area contributed by atoms with Gasteiger partial charge in [0, 0.05) is 29.3 Å². The molecule has 0 aliphatic heterocycles. The van der Waals surface area contributed by atoms with Gasteiger partial charge in [0.25, 0.3) is 0 Å². The Balaban J connectivity index is 1.47. The first kappa shape index (κ1) is 33.0. The van der Waals surface area contributed by atoms with Crippen LogP contribution < -0.4 is 20.1 Å². The SMILES string of the molecule is CCOc1cc(F)c(Cn2nc(-c3ncc(OCC(C)NC(=O)OC(C)(C)C)c(Nc4ccnc(C)n4)n3)c3ccccc32)c(F)c1. The summed E-state index contributed by atoms with van der Waals surface area (Å²) in [6, 6.07) is 10.9. The van der Waals surface area contributed by atoms with Crippen molar-refractivity contribution in [2.24, 2.45) is 0 Å². The molecular formula is C33H36F2N8O4. The summed E-state index contributed by atoms with van der Waals surface area (Å²) in [6.45, 7) is 10.8. The number of aryl methyl sites for hydroxylation is 1. The van der Waals surface area contributed by atoms with Crippen molar-refractivity contribution in [3.8, 4) is 23.0 Å². The number of nitrogens with one attached hydrogen (secondary N) is 2. The van der Waals surface area contributed by atoms with E-state index in [0.717, 1.165) is 12.1 Å². The Morgan fingerprint density at radius 1 is 1.04 bits per heavy atom. The van der Waals surface area contributed by atoms with Crippen molar-refractivity contribution >= 4 is 28.6 Å². The Morgan fingerprint density at radius 2 is 1.79 bits per heavy atom. The highest BCUT2D eigenvalue weighted by Crippen LogP contribution is 2.32. The molecule has 3 aromatic heterocycles. The fourth-order valence-electron chi connectivity index (χ4n) is 4.64. The Bertz CT molecular complexity index is 1870. The van der Waals surface area contributed by atoms with E-state index in [2.05, 4.69) is 25.6 Å². The first-order chi connectivity index (χ1) is 22.4. The number of hydrogen-bond donors (Lipinski definition) is 2. The van der Waals surface area contributed by atoms with Crippen molar-refractivity contribution in [3.63, 3.8) is 0 Å². The Morgan fingerprint density at radius 3 is 2.49 bits per heavy atom. The van der Waals surface area contributed by atoms with Crippen molar-refractivity contribution < 1.29 is 27.8 Å². The lowest BCUT2D eigenvalue weighted by molar-refractivity contribution is 0.0494. The molecule has 0 aliphatic carbocycles. The molecule has 3 heterocycles. The molecule has 246 valence electrons. The van der Waals surface area contributed by atoms with Crippen molar-refractivity contribution in [1.82, 2.24) is 35.0 Å². The molecule has 2 aromatic carbocycles.